The van der Waals surface area contributed by atoms with Gasteiger partial charge in [0.25, 0.3) is 0 Å². The van der Waals surface area contributed by atoms with E-state index < -0.39 is 15.9 Å². The van der Waals surface area contributed by atoms with E-state index in [0.29, 0.717) is 12.8 Å². The second-order valence-electron chi connectivity index (χ2n) is 5.05. The first kappa shape index (κ1) is 13.9. The van der Waals surface area contributed by atoms with Crippen molar-refractivity contribution in [3.8, 4) is 0 Å². The number of aliphatic hydroxyl groups is 1. The first-order valence-corrected chi connectivity index (χ1v) is 8.78. The van der Waals surface area contributed by atoms with E-state index in [0.717, 1.165) is 23.4 Å². The zero-order chi connectivity index (χ0) is 13.3. The molecule has 1 saturated carbocycles. The Hall–Kier alpha value is -0.530. The topological polar surface area (TPSA) is 80.2 Å². The molecule has 3 atom stereocenters. The molecular weight excluding hydrogens is 272 g/mol. The molecule has 1 aliphatic carbocycles. The predicted octanol–water partition coefficient (Wildman–Crippen LogP) is 1.48. The molecule has 0 bridgehead atoms. The van der Waals surface area contributed by atoms with Crippen molar-refractivity contribution in [3.63, 3.8) is 0 Å². The van der Waals surface area contributed by atoms with Crippen LogP contribution in [0.1, 0.15) is 42.4 Å². The van der Waals surface area contributed by atoms with Gasteiger partial charge >= 0.3 is 0 Å². The molecule has 0 saturated heterocycles. The summed E-state index contributed by atoms with van der Waals surface area (Å²) in [4.78, 5) is 0.772. The predicted molar refractivity (Wildman–Crippen MR) is 70.2 cm³/mol. The lowest BCUT2D eigenvalue weighted by Crippen LogP contribution is -2.30. The SMILES string of the molecule is Cc1nnsc1C(O)C1CCCC(S(C)(=O)=O)C1. The van der Waals surface area contributed by atoms with Gasteiger partial charge in [-0.1, -0.05) is 10.9 Å². The van der Waals surface area contributed by atoms with Crippen LogP contribution in [0, 0.1) is 12.8 Å². The molecule has 102 valence electrons. The van der Waals surface area contributed by atoms with Gasteiger partial charge in [0.05, 0.1) is 21.9 Å². The summed E-state index contributed by atoms with van der Waals surface area (Å²) < 4.78 is 27.0. The van der Waals surface area contributed by atoms with Crippen molar-refractivity contribution in [3.05, 3.63) is 10.6 Å². The Kier molecular flexibility index (Phi) is 4.03. The van der Waals surface area contributed by atoms with Gasteiger partial charge in [-0.15, -0.1) is 5.10 Å². The standard InChI is InChI=1S/C11H18N2O3S2/c1-7-11(17-13-12-7)10(14)8-4-3-5-9(6-8)18(2,15)16/h8-10,14H,3-6H2,1-2H3. The highest BCUT2D eigenvalue weighted by molar-refractivity contribution is 7.91. The van der Waals surface area contributed by atoms with Gasteiger partial charge in [0, 0.05) is 6.26 Å². The third-order valence-electron chi connectivity index (χ3n) is 3.67. The number of hydrogen-bond acceptors (Lipinski definition) is 6. The summed E-state index contributed by atoms with van der Waals surface area (Å²) in [6.07, 6.45) is 3.62. The van der Waals surface area contributed by atoms with Crippen LogP contribution in [0.15, 0.2) is 0 Å². The summed E-state index contributed by atoms with van der Waals surface area (Å²) in [5.74, 6) is -0.000532. The van der Waals surface area contributed by atoms with Crippen molar-refractivity contribution in [1.29, 1.82) is 0 Å². The number of nitrogens with zero attached hydrogens (tertiary/aromatic N) is 2. The zero-order valence-corrected chi connectivity index (χ0v) is 12.2. The number of aliphatic hydroxyl groups excluding tert-OH is 1. The van der Waals surface area contributed by atoms with E-state index in [1.807, 2.05) is 6.92 Å². The number of aromatic nitrogens is 2. The maximum absolute atomic E-state index is 11.6. The molecule has 1 N–H and O–H groups in total. The maximum Gasteiger partial charge on any atom is 0.150 e. The molecule has 3 unspecified atom stereocenters. The summed E-state index contributed by atoms with van der Waals surface area (Å²) in [7, 11) is -3.01. The van der Waals surface area contributed by atoms with Gasteiger partial charge in [0.15, 0.2) is 0 Å². The highest BCUT2D eigenvalue weighted by atomic mass is 32.2. The van der Waals surface area contributed by atoms with Gasteiger partial charge in [-0.05, 0) is 43.6 Å². The molecule has 1 aromatic rings. The Morgan fingerprint density at radius 1 is 1.44 bits per heavy atom. The Balaban J connectivity index is 2.12. The van der Waals surface area contributed by atoms with Gasteiger partial charge in [-0.2, -0.15) is 0 Å². The fraction of sp³-hybridized carbons (Fsp3) is 0.818. The van der Waals surface area contributed by atoms with E-state index in [9.17, 15) is 13.5 Å². The number of aryl methyl sites for hydroxylation is 1. The average molecular weight is 290 g/mol. The van der Waals surface area contributed by atoms with Crippen LogP contribution < -0.4 is 0 Å². The fourth-order valence-electron chi connectivity index (χ4n) is 2.58. The molecule has 1 aromatic heterocycles. The van der Waals surface area contributed by atoms with Gasteiger partial charge < -0.3 is 5.11 Å². The van der Waals surface area contributed by atoms with E-state index in [1.165, 1.54) is 17.8 Å². The molecule has 1 heterocycles. The Bertz CT molecular complexity index is 512. The molecule has 18 heavy (non-hydrogen) atoms. The lowest BCUT2D eigenvalue weighted by molar-refractivity contribution is 0.0881. The average Bonchev–Trinajstić information content (AvgIpc) is 2.73. The van der Waals surface area contributed by atoms with Crippen molar-refractivity contribution in [2.24, 2.45) is 5.92 Å². The molecule has 1 aliphatic rings. The minimum atomic E-state index is -3.01. The molecule has 0 radical (unpaired) electrons. The Morgan fingerprint density at radius 3 is 2.72 bits per heavy atom. The lowest BCUT2D eigenvalue weighted by Gasteiger charge is -2.30. The molecule has 7 heteroatoms. The highest BCUT2D eigenvalue weighted by Crippen LogP contribution is 2.38. The molecule has 0 amide bonds. The van der Waals surface area contributed by atoms with E-state index in [4.69, 9.17) is 0 Å². The van der Waals surface area contributed by atoms with E-state index >= 15 is 0 Å². The van der Waals surface area contributed by atoms with Crippen molar-refractivity contribution in [1.82, 2.24) is 9.59 Å². The molecule has 0 aliphatic heterocycles. The minimum absolute atomic E-state index is 0.000532. The van der Waals surface area contributed by atoms with Crippen LogP contribution in [-0.2, 0) is 9.84 Å². The monoisotopic (exact) mass is 290 g/mol. The Morgan fingerprint density at radius 2 is 2.17 bits per heavy atom. The normalized spacial score (nSPS) is 27.1. The van der Waals surface area contributed by atoms with Gasteiger partial charge in [-0.3, -0.25) is 0 Å². The molecule has 0 spiro atoms. The summed E-state index contributed by atoms with van der Waals surface area (Å²) in [5, 5.41) is 13.9. The number of hydrogen-bond donors (Lipinski definition) is 1. The second kappa shape index (κ2) is 5.22. The number of sulfone groups is 1. The quantitative estimate of drug-likeness (QED) is 0.912. The summed E-state index contributed by atoms with van der Waals surface area (Å²) >= 11 is 1.20. The Labute approximate surface area is 111 Å². The second-order valence-corrected chi connectivity index (χ2v) is 8.16. The van der Waals surface area contributed by atoms with Crippen LogP contribution in [0.2, 0.25) is 0 Å². The molecular formula is C11H18N2O3S2. The first-order valence-electron chi connectivity index (χ1n) is 6.05. The van der Waals surface area contributed by atoms with E-state index in [1.54, 1.807) is 0 Å². The van der Waals surface area contributed by atoms with Crippen LogP contribution in [0.4, 0.5) is 0 Å². The summed E-state index contributed by atoms with van der Waals surface area (Å²) in [5.41, 5.74) is 0.744. The number of rotatable bonds is 3. The van der Waals surface area contributed by atoms with Crippen molar-refractivity contribution in [2.45, 2.75) is 44.0 Å². The van der Waals surface area contributed by atoms with Crippen molar-refractivity contribution >= 4 is 21.4 Å². The van der Waals surface area contributed by atoms with Gasteiger partial charge in [0.1, 0.15) is 9.84 Å². The van der Waals surface area contributed by atoms with E-state index in [-0.39, 0.29) is 11.2 Å². The summed E-state index contributed by atoms with van der Waals surface area (Å²) in [6.45, 7) is 1.82. The highest BCUT2D eigenvalue weighted by Gasteiger charge is 2.34. The van der Waals surface area contributed by atoms with Crippen LogP contribution in [0.3, 0.4) is 0 Å². The van der Waals surface area contributed by atoms with Gasteiger partial charge in [0.2, 0.25) is 0 Å². The van der Waals surface area contributed by atoms with Crippen LogP contribution in [0.25, 0.3) is 0 Å². The third-order valence-corrected chi connectivity index (χ3v) is 6.21. The van der Waals surface area contributed by atoms with Crippen molar-refractivity contribution < 1.29 is 13.5 Å². The third kappa shape index (κ3) is 2.89. The zero-order valence-electron chi connectivity index (χ0n) is 10.5. The largest absolute Gasteiger partial charge is 0.387 e. The van der Waals surface area contributed by atoms with Gasteiger partial charge in [-0.25, -0.2) is 8.42 Å². The van der Waals surface area contributed by atoms with Crippen LogP contribution in [-0.4, -0.2) is 34.6 Å². The fourth-order valence-corrected chi connectivity index (χ4v) is 4.50. The maximum atomic E-state index is 11.6. The lowest BCUT2D eigenvalue weighted by atomic mass is 9.84. The smallest absolute Gasteiger partial charge is 0.150 e. The molecule has 2 rings (SSSR count). The molecule has 1 fully saturated rings. The summed E-state index contributed by atoms with van der Waals surface area (Å²) in [6, 6.07) is 0. The minimum Gasteiger partial charge on any atom is -0.387 e. The molecule has 5 nitrogen and oxygen atoms in total. The molecule has 0 aromatic carbocycles. The van der Waals surface area contributed by atoms with Crippen molar-refractivity contribution in [2.75, 3.05) is 6.26 Å². The van der Waals surface area contributed by atoms with Crippen LogP contribution >= 0.6 is 11.5 Å². The van der Waals surface area contributed by atoms with E-state index in [2.05, 4.69) is 9.59 Å². The first-order chi connectivity index (χ1) is 8.39. The van der Waals surface area contributed by atoms with Crippen LogP contribution in [0.5, 0.6) is 0 Å².